The van der Waals surface area contributed by atoms with Gasteiger partial charge in [-0.3, -0.25) is 4.79 Å². The average molecular weight is 291 g/mol. The van der Waals surface area contributed by atoms with Crippen LogP contribution < -0.4 is 5.69 Å². The molecular formula is C15H21N3O3. The summed E-state index contributed by atoms with van der Waals surface area (Å²) < 4.78 is 0. The van der Waals surface area contributed by atoms with Gasteiger partial charge in [0.05, 0.1) is 12.5 Å². The van der Waals surface area contributed by atoms with E-state index in [0.29, 0.717) is 24.2 Å². The van der Waals surface area contributed by atoms with Crippen molar-refractivity contribution in [2.45, 2.75) is 64.1 Å². The number of hydrogen-bond donors (Lipinski definition) is 2. The average Bonchev–Trinajstić information content (AvgIpc) is 2.66. The number of nitrogens with one attached hydrogen (secondary N) is 1. The maximum atomic E-state index is 12.6. The van der Waals surface area contributed by atoms with Crippen molar-refractivity contribution in [3.05, 3.63) is 27.4 Å². The Balaban J connectivity index is 1.80. The lowest BCUT2D eigenvalue weighted by molar-refractivity contribution is -0.136. The van der Waals surface area contributed by atoms with Gasteiger partial charge in [0.15, 0.2) is 0 Å². The molecule has 2 fully saturated rings. The summed E-state index contributed by atoms with van der Waals surface area (Å²) in [5, 5.41) is 9.81. The molecule has 2 aliphatic heterocycles. The van der Waals surface area contributed by atoms with Gasteiger partial charge in [-0.05, 0) is 39.5 Å². The number of aliphatic hydroxyl groups is 1. The fourth-order valence-corrected chi connectivity index (χ4v) is 3.81. The van der Waals surface area contributed by atoms with Gasteiger partial charge in [-0.15, -0.1) is 0 Å². The molecule has 1 aromatic rings. The van der Waals surface area contributed by atoms with Crippen LogP contribution in [0.4, 0.5) is 0 Å². The lowest BCUT2D eigenvalue weighted by Gasteiger charge is -2.37. The molecule has 2 aliphatic rings. The van der Waals surface area contributed by atoms with E-state index < -0.39 is 0 Å². The van der Waals surface area contributed by atoms with Gasteiger partial charge in [-0.1, -0.05) is 0 Å². The topological polar surface area (TPSA) is 86.3 Å². The second-order valence-electron chi connectivity index (χ2n) is 6.22. The number of aryl methyl sites for hydroxylation is 2. The van der Waals surface area contributed by atoms with Crippen LogP contribution in [-0.2, 0) is 11.2 Å². The number of carbonyl (C=O) groups excluding carboxylic acids is 1. The van der Waals surface area contributed by atoms with Crippen molar-refractivity contribution < 1.29 is 9.90 Å². The first-order valence-corrected chi connectivity index (χ1v) is 7.51. The van der Waals surface area contributed by atoms with Crippen LogP contribution >= 0.6 is 0 Å². The van der Waals surface area contributed by atoms with Gasteiger partial charge in [-0.25, -0.2) is 4.79 Å². The Morgan fingerprint density at radius 3 is 2.52 bits per heavy atom. The van der Waals surface area contributed by atoms with Crippen molar-refractivity contribution in [3.63, 3.8) is 0 Å². The number of aromatic amines is 1. The van der Waals surface area contributed by atoms with Gasteiger partial charge < -0.3 is 15.0 Å². The van der Waals surface area contributed by atoms with E-state index in [1.165, 1.54) is 0 Å². The van der Waals surface area contributed by atoms with Crippen LogP contribution in [0.5, 0.6) is 0 Å². The third kappa shape index (κ3) is 2.60. The minimum absolute atomic E-state index is 0.0782. The van der Waals surface area contributed by atoms with Crippen LogP contribution in [0, 0.1) is 13.8 Å². The summed E-state index contributed by atoms with van der Waals surface area (Å²) in [6, 6.07) is 0.338. The van der Waals surface area contributed by atoms with Crippen LogP contribution in [0.25, 0.3) is 0 Å². The first-order valence-electron chi connectivity index (χ1n) is 7.51. The van der Waals surface area contributed by atoms with E-state index in [0.717, 1.165) is 18.4 Å². The SMILES string of the molecule is Cc1nc(=O)[nH]c(C)c1CC(=O)N1C2CCC1CC(O)C2. The number of aromatic nitrogens is 2. The molecule has 21 heavy (non-hydrogen) atoms. The third-order valence-electron chi connectivity index (χ3n) is 4.78. The fraction of sp³-hybridized carbons (Fsp3) is 0.667. The molecule has 0 saturated carbocycles. The van der Waals surface area contributed by atoms with E-state index in [2.05, 4.69) is 9.97 Å². The van der Waals surface area contributed by atoms with Crippen molar-refractivity contribution >= 4 is 5.91 Å². The highest BCUT2D eigenvalue weighted by Crippen LogP contribution is 2.36. The maximum absolute atomic E-state index is 12.6. The third-order valence-corrected chi connectivity index (χ3v) is 4.78. The van der Waals surface area contributed by atoms with E-state index in [-0.39, 0.29) is 36.2 Å². The van der Waals surface area contributed by atoms with Gasteiger partial charge in [-0.2, -0.15) is 4.98 Å². The highest BCUT2D eigenvalue weighted by atomic mass is 16.3. The molecule has 3 heterocycles. The smallest absolute Gasteiger partial charge is 0.345 e. The van der Waals surface area contributed by atoms with Crippen LogP contribution in [0.1, 0.15) is 42.6 Å². The summed E-state index contributed by atoms with van der Waals surface area (Å²) in [6.45, 7) is 3.56. The van der Waals surface area contributed by atoms with Gasteiger partial charge in [0.25, 0.3) is 0 Å². The number of fused-ring (bicyclic) bond motifs is 2. The fourth-order valence-electron chi connectivity index (χ4n) is 3.81. The predicted octanol–water partition coefficient (Wildman–Crippen LogP) is 0.444. The summed E-state index contributed by atoms with van der Waals surface area (Å²) in [5.41, 5.74) is 1.77. The molecule has 2 saturated heterocycles. The van der Waals surface area contributed by atoms with Crippen molar-refractivity contribution in [1.82, 2.24) is 14.9 Å². The van der Waals surface area contributed by atoms with E-state index in [4.69, 9.17) is 0 Å². The number of H-pyrrole nitrogens is 1. The maximum Gasteiger partial charge on any atom is 0.345 e. The number of hydrogen-bond acceptors (Lipinski definition) is 4. The van der Waals surface area contributed by atoms with Crippen molar-refractivity contribution in [2.75, 3.05) is 0 Å². The number of carbonyl (C=O) groups is 1. The molecule has 0 aliphatic carbocycles. The van der Waals surface area contributed by atoms with Gasteiger partial charge in [0.2, 0.25) is 5.91 Å². The molecule has 1 amide bonds. The zero-order chi connectivity index (χ0) is 15.1. The highest BCUT2D eigenvalue weighted by molar-refractivity contribution is 5.80. The summed E-state index contributed by atoms with van der Waals surface area (Å²) >= 11 is 0. The van der Waals surface area contributed by atoms with Crippen molar-refractivity contribution in [2.24, 2.45) is 0 Å². The van der Waals surface area contributed by atoms with Crippen molar-refractivity contribution in [1.29, 1.82) is 0 Å². The molecule has 0 spiro atoms. The molecule has 2 N–H and O–H groups in total. The Labute approximate surface area is 123 Å². The molecule has 3 rings (SSSR count). The lowest BCUT2D eigenvalue weighted by atomic mass is 9.98. The van der Waals surface area contributed by atoms with Gasteiger partial charge in [0, 0.05) is 29.0 Å². The Kier molecular flexibility index (Phi) is 3.57. The quantitative estimate of drug-likeness (QED) is 0.828. The zero-order valence-electron chi connectivity index (χ0n) is 12.4. The minimum Gasteiger partial charge on any atom is -0.393 e. The Bertz CT molecular complexity index is 585. The molecule has 0 radical (unpaired) electrons. The van der Waals surface area contributed by atoms with E-state index in [9.17, 15) is 14.7 Å². The van der Waals surface area contributed by atoms with Crippen LogP contribution in [0.3, 0.4) is 0 Å². The monoisotopic (exact) mass is 291 g/mol. The van der Waals surface area contributed by atoms with E-state index in [1.807, 2.05) is 4.90 Å². The molecular weight excluding hydrogens is 270 g/mol. The van der Waals surface area contributed by atoms with Crippen LogP contribution in [0.15, 0.2) is 4.79 Å². The standard InChI is InChI=1S/C15H21N3O3/c1-8-13(9(2)17-15(21)16-8)7-14(20)18-10-3-4-11(18)6-12(19)5-10/h10-12,19H,3-7H2,1-2H3,(H,16,17,21). The summed E-state index contributed by atoms with van der Waals surface area (Å²) in [7, 11) is 0. The summed E-state index contributed by atoms with van der Waals surface area (Å²) in [6.07, 6.45) is 3.33. The predicted molar refractivity (Wildman–Crippen MR) is 76.9 cm³/mol. The molecule has 2 atom stereocenters. The Morgan fingerprint density at radius 2 is 1.95 bits per heavy atom. The van der Waals surface area contributed by atoms with E-state index >= 15 is 0 Å². The molecule has 2 bridgehead atoms. The van der Waals surface area contributed by atoms with E-state index in [1.54, 1.807) is 13.8 Å². The first-order chi connectivity index (χ1) is 9.95. The Morgan fingerprint density at radius 1 is 1.33 bits per heavy atom. The Hall–Kier alpha value is -1.69. The number of nitrogens with zero attached hydrogens (tertiary/aromatic N) is 2. The minimum atomic E-state index is -0.373. The lowest BCUT2D eigenvalue weighted by Crippen LogP contribution is -2.48. The number of rotatable bonds is 2. The molecule has 1 aromatic heterocycles. The molecule has 2 unspecified atom stereocenters. The summed E-state index contributed by atoms with van der Waals surface area (Å²) in [5.74, 6) is 0.0782. The number of aliphatic hydroxyl groups excluding tert-OH is 1. The number of piperidine rings is 1. The molecule has 114 valence electrons. The highest BCUT2D eigenvalue weighted by Gasteiger charge is 2.42. The molecule has 0 aromatic carbocycles. The second-order valence-corrected chi connectivity index (χ2v) is 6.22. The normalized spacial score (nSPS) is 28.0. The summed E-state index contributed by atoms with van der Waals surface area (Å²) in [4.78, 5) is 32.4. The van der Waals surface area contributed by atoms with Crippen LogP contribution in [-0.4, -0.2) is 44.1 Å². The van der Waals surface area contributed by atoms with Gasteiger partial charge >= 0.3 is 5.69 Å². The van der Waals surface area contributed by atoms with Gasteiger partial charge in [0.1, 0.15) is 0 Å². The molecule has 6 heteroatoms. The first kappa shape index (κ1) is 14.3. The largest absolute Gasteiger partial charge is 0.393 e. The zero-order valence-corrected chi connectivity index (χ0v) is 12.4. The number of amides is 1. The van der Waals surface area contributed by atoms with Crippen LogP contribution in [0.2, 0.25) is 0 Å². The molecule has 6 nitrogen and oxygen atoms in total. The second kappa shape index (κ2) is 5.26. The van der Waals surface area contributed by atoms with Crippen molar-refractivity contribution in [3.8, 4) is 0 Å².